The van der Waals surface area contributed by atoms with E-state index in [4.69, 9.17) is 4.74 Å². The molecule has 1 atom stereocenters. The third-order valence-electron chi connectivity index (χ3n) is 5.18. The fourth-order valence-corrected chi connectivity index (χ4v) is 4.11. The number of nitrogens with one attached hydrogen (secondary N) is 1. The Morgan fingerprint density at radius 3 is 3.00 bits per heavy atom. The Kier molecular flexibility index (Phi) is 3.78. The summed E-state index contributed by atoms with van der Waals surface area (Å²) in [6.07, 6.45) is 11.7. The Balaban J connectivity index is 1.51. The van der Waals surface area contributed by atoms with Crippen LogP contribution in [0.2, 0.25) is 0 Å². The molecule has 1 aliphatic carbocycles. The van der Waals surface area contributed by atoms with E-state index >= 15 is 0 Å². The number of aromatic nitrogens is 4. The fraction of sp³-hybridized carbons (Fsp3) is 0.300. The van der Waals surface area contributed by atoms with Gasteiger partial charge in [0, 0.05) is 29.7 Å². The molecule has 26 heavy (non-hydrogen) atoms. The summed E-state index contributed by atoms with van der Waals surface area (Å²) < 4.78 is 9.49. The number of benzene rings is 1. The van der Waals surface area contributed by atoms with E-state index in [-0.39, 0.29) is 6.10 Å². The summed E-state index contributed by atoms with van der Waals surface area (Å²) >= 11 is 1.62. The average molecular weight is 364 g/mol. The van der Waals surface area contributed by atoms with E-state index in [9.17, 15) is 0 Å². The number of thiazole rings is 1. The van der Waals surface area contributed by atoms with Crippen molar-refractivity contribution >= 4 is 21.6 Å². The molecule has 0 bridgehead atoms. The number of hydrogen-bond acceptors (Lipinski definition) is 4. The van der Waals surface area contributed by atoms with Crippen LogP contribution in [0.4, 0.5) is 0 Å². The molecule has 5 rings (SSSR count). The first-order chi connectivity index (χ1) is 12.8. The first-order valence-electron chi connectivity index (χ1n) is 8.99. The molecule has 1 aromatic carbocycles. The molecule has 1 aliphatic rings. The first-order valence-corrected chi connectivity index (χ1v) is 9.87. The van der Waals surface area contributed by atoms with Crippen molar-refractivity contribution in [2.45, 2.75) is 38.3 Å². The SMILES string of the molecule is C[C@@H](Oc1cc(-c2cnn(C3CCC3)c2)cc2ncsc12)c1cc[nH]c1. The van der Waals surface area contributed by atoms with Gasteiger partial charge >= 0.3 is 0 Å². The molecule has 1 saturated carbocycles. The van der Waals surface area contributed by atoms with Crippen LogP contribution in [-0.4, -0.2) is 19.7 Å². The lowest BCUT2D eigenvalue weighted by Gasteiger charge is -2.25. The monoisotopic (exact) mass is 364 g/mol. The van der Waals surface area contributed by atoms with Gasteiger partial charge in [0.05, 0.1) is 28.0 Å². The Morgan fingerprint density at radius 1 is 1.31 bits per heavy atom. The number of rotatable bonds is 5. The van der Waals surface area contributed by atoms with Crippen LogP contribution in [0.15, 0.2) is 48.5 Å². The summed E-state index contributed by atoms with van der Waals surface area (Å²) in [6, 6.07) is 6.85. The Hall–Kier alpha value is -2.60. The van der Waals surface area contributed by atoms with Crippen molar-refractivity contribution in [2.75, 3.05) is 0 Å². The maximum atomic E-state index is 6.30. The van der Waals surface area contributed by atoms with E-state index in [0.29, 0.717) is 6.04 Å². The maximum Gasteiger partial charge on any atom is 0.140 e. The highest BCUT2D eigenvalue weighted by Crippen LogP contribution is 2.38. The quantitative estimate of drug-likeness (QED) is 0.519. The van der Waals surface area contributed by atoms with Gasteiger partial charge < -0.3 is 9.72 Å². The summed E-state index contributed by atoms with van der Waals surface area (Å²) in [7, 11) is 0. The predicted molar refractivity (Wildman–Crippen MR) is 104 cm³/mol. The molecule has 0 aliphatic heterocycles. The van der Waals surface area contributed by atoms with E-state index in [1.54, 1.807) is 11.3 Å². The van der Waals surface area contributed by atoms with Crippen LogP contribution < -0.4 is 4.74 Å². The predicted octanol–water partition coefficient (Wildman–Crippen LogP) is 5.35. The van der Waals surface area contributed by atoms with Crippen molar-refractivity contribution in [3.8, 4) is 16.9 Å². The smallest absolute Gasteiger partial charge is 0.140 e. The Bertz CT molecular complexity index is 1030. The largest absolute Gasteiger partial charge is 0.484 e. The fourth-order valence-electron chi connectivity index (χ4n) is 3.38. The minimum Gasteiger partial charge on any atom is -0.484 e. The molecule has 4 aromatic rings. The standard InChI is InChI=1S/C20H20N4OS/c1-13(14-5-6-21-9-14)25-19-8-15(7-18-20(19)26-12-22-18)16-10-23-24(11-16)17-3-2-4-17/h5-13,17,21H,2-4H2,1H3/t13-/m1/s1. The van der Waals surface area contributed by atoms with E-state index in [2.05, 4.69) is 45.0 Å². The van der Waals surface area contributed by atoms with Gasteiger partial charge in [0.1, 0.15) is 11.9 Å². The van der Waals surface area contributed by atoms with Gasteiger partial charge in [0.25, 0.3) is 0 Å². The molecule has 132 valence electrons. The number of fused-ring (bicyclic) bond motifs is 1. The lowest BCUT2D eigenvalue weighted by molar-refractivity contribution is 0.230. The van der Waals surface area contributed by atoms with Crippen LogP contribution in [0, 0.1) is 0 Å². The van der Waals surface area contributed by atoms with E-state index in [1.807, 2.05) is 30.2 Å². The molecule has 0 saturated heterocycles. The van der Waals surface area contributed by atoms with E-state index in [0.717, 1.165) is 32.7 Å². The number of nitrogens with zero attached hydrogens (tertiary/aromatic N) is 3. The van der Waals surface area contributed by atoms with Gasteiger partial charge in [-0.05, 0) is 49.9 Å². The summed E-state index contributed by atoms with van der Waals surface area (Å²) in [5, 5.41) is 4.57. The summed E-state index contributed by atoms with van der Waals surface area (Å²) in [4.78, 5) is 7.60. The topological polar surface area (TPSA) is 55.7 Å². The van der Waals surface area contributed by atoms with Gasteiger partial charge in [-0.25, -0.2) is 4.98 Å². The van der Waals surface area contributed by atoms with E-state index in [1.165, 1.54) is 19.3 Å². The van der Waals surface area contributed by atoms with Crippen molar-refractivity contribution in [1.82, 2.24) is 19.7 Å². The number of H-pyrrole nitrogens is 1. The zero-order chi connectivity index (χ0) is 17.5. The number of hydrogen-bond donors (Lipinski definition) is 1. The highest BCUT2D eigenvalue weighted by molar-refractivity contribution is 7.17. The van der Waals surface area contributed by atoms with Gasteiger partial charge in [0.2, 0.25) is 0 Å². The van der Waals surface area contributed by atoms with E-state index < -0.39 is 0 Å². The minimum atomic E-state index is -0.0282. The molecule has 3 heterocycles. The molecular formula is C20H20N4OS. The van der Waals surface area contributed by atoms with Crippen molar-refractivity contribution in [3.05, 3.63) is 54.1 Å². The van der Waals surface area contributed by atoms with Crippen LogP contribution in [-0.2, 0) is 0 Å². The second-order valence-electron chi connectivity index (χ2n) is 6.87. The first kappa shape index (κ1) is 15.6. The Labute approximate surface area is 155 Å². The van der Waals surface area contributed by atoms with Gasteiger partial charge in [-0.3, -0.25) is 4.68 Å². The van der Waals surface area contributed by atoms with Gasteiger partial charge in [-0.1, -0.05) is 0 Å². The van der Waals surface area contributed by atoms with Gasteiger partial charge in [-0.2, -0.15) is 5.10 Å². The number of aromatic amines is 1. The summed E-state index contributed by atoms with van der Waals surface area (Å²) in [5.41, 5.74) is 6.20. The van der Waals surface area contributed by atoms with Crippen LogP contribution in [0.5, 0.6) is 5.75 Å². The number of ether oxygens (including phenoxy) is 1. The molecule has 1 N–H and O–H groups in total. The second kappa shape index (κ2) is 6.29. The Morgan fingerprint density at radius 2 is 2.23 bits per heavy atom. The van der Waals surface area contributed by atoms with Crippen molar-refractivity contribution in [1.29, 1.82) is 0 Å². The minimum absolute atomic E-state index is 0.0282. The molecule has 5 nitrogen and oxygen atoms in total. The highest BCUT2D eigenvalue weighted by Gasteiger charge is 2.21. The molecule has 3 aromatic heterocycles. The summed E-state index contributed by atoms with van der Waals surface area (Å²) in [5.74, 6) is 0.880. The zero-order valence-electron chi connectivity index (χ0n) is 14.6. The third-order valence-corrected chi connectivity index (χ3v) is 6.03. The molecular weight excluding hydrogens is 344 g/mol. The van der Waals surface area contributed by atoms with Crippen molar-refractivity contribution < 1.29 is 4.74 Å². The van der Waals surface area contributed by atoms with Gasteiger partial charge in [-0.15, -0.1) is 11.3 Å². The molecule has 0 spiro atoms. The molecule has 0 amide bonds. The molecule has 1 fully saturated rings. The molecule has 6 heteroatoms. The van der Waals surface area contributed by atoms with Crippen LogP contribution in [0.3, 0.4) is 0 Å². The maximum absolute atomic E-state index is 6.30. The lowest BCUT2D eigenvalue weighted by atomic mass is 9.93. The van der Waals surface area contributed by atoms with Gasteiger partial charge in [0.15, 0.2) is 0 Å². The normalized spacial score (nSPS) is 15.9. The van der Waals surface area contributed by atoms with Crippen molar-refractivity contribution in [2.24, 2.45) is 0 Å². The molecule has 0 radical (unpaired) electrons. The summed E-state index contributed by atoms with van der Waals surface area (Å²) in [6.45, 7) is 2.07. The second-order valence-corrected chi connectivity index (χ2v) is 7.73. The third kappa shape index (κ3) is 2.70. The van der Waals surface area contributed by atoms with Crippen LogP contribution >= 0.6 is 11.3 Å². The lowest BCUT2D eigenvalue weighted by Crippen LogP contribution is -2.16. The average Bonchev–Trinajstić information content (AvgIpc) is 3.34. The van der Waals surface area contributed by atoms with Crippen LogP contribution in [0.1, 0.15) is 43.9 Å². The zero-order valence-corrected chi connectivity index (χ0v) is 15.4. The van der Waals surface area contributed by atoms with Crippen LogP contribution in [0.25, 0.3) is 21.3 Å². The highest BCUT2D eigenvalue weighted by atomic mass is 32.1. The molecule has 0 unspecified atom stereocenters. The van der Waals surface area contributed by atoms with Crippen molar-refractivity contribution in [3.63, 3.8) is 0 Å².